The fraction of sp³-hybridized carbons (Fsp3) is 0.478. The third-order valence-electron chi connectivity index (χ3n) is 7.13. The molecule has 1 amide bonds. The maximum atomic E-state index is 13.3. The standard InChI is InChI=1S/C23H28N6O2/c1-16-17(2)31-14-21(16)28-12-11-23(22(28)30)9-7-19(8-10-23)24-13-18-3-5-20(6-4-18)29-26-15-25-27-29/h3-6,15,19,24H,2,7-14H2,1H3/t19-,23+. The largest absolute Gasteiger partial charge is 0.488 e. The van der Waals surface area contributed by atoms with Crippen LogP contribution in [0.15, 0.2) is 54.2 Å². The highest BCUT2D eigenvalue weighted by atomic mass is 16.5. The number of carbonyl (C=O) groups is 1. The zero-order valence-corrected chi connectivity index (χ0v) is 17.9. The molecule has 1 spiro atoms. The van der Waals surface area contributed by atoms with Crippen LogP contribution in [0.25, 0.3) is 5.69 Å². The van der Waals surface area contributed by atoms with Crippen molar-refractivity contribution in [2.45, 2.75) is 51.6 Å². The van der Waals surface area contributed by atoms with Crippen LogP contribution in [0.1, 0.15) is 44.6 Å². The molecule has 1 N–H and O–H groups in total. The Hall–Kier alpha value is -3.00. The molecule has 1 saturated heterocycles. The van der Waals surface area contributed by atoms with E-state index in [0.717, 1.165) is 62.2 Å². The van der Waals surface area contributed by atoms with Gasteiger partial charge in [-0.2, -0.15) is 0 Å². The van der Waals surface area contributed by atoms with Gasteiger partial charge in [0, 0.05) is 24.7 Å². The first-order valence-electron chi connectivity index (χ1n) is 11.0. The maximum absolute atomic E-state index is 13.3. The first-order chi connectivity index (χ1) is 15.1. The highest BCUT2D eigenvalue weighted by Gasteiger charge is 2.49. The zero-order chi connectivity index (χ0) is 21.4. The molecular formula is C23H28N6O2. The van der Waals surface area contributed by atoms with Crippen LogP contribution in [-0.4, -0.2) is 50.2 Å². The number of nitrogens with one attached hydrogen (secondary N) is 1. The SMILES string of the molecule is C=C1OCC(N2CC[C@]3(CC[C@H](NCc4ccc(-n5ncnn5)cc4)CC3)C2=O)=C1C. The summed E-state index contributed by atoms with van der Waals surface area (Å²) in [5, 5.41) is 15.4. The van der Waals surface area contributed by atoms with Crippen molar-refractivity contribution >= 4 is 5.91 Å². The van der Waals surface area contributed by atoms with Gasteiger partial charge < -0.3 is 15.0 Å². The van der Waals surface area contributed by atoms with Crippen LogP contribution in [0.5, 0.6) is 0 Å². The number of allylic oxidation sites excluding steroid dienone is 1. The number of ether oxygens (including phenoxy) is 1. The summed E-state index contributed by atoms with van der Waals surface area (Å²) in [5.74, 6) is 0.984. The molecular weight excluding hydrogens is 392 g/mol. The van der Waals surface area contributed by atoms with Gasteiger partial charge >= 0.3 is 0 Å². The monoisotopic (exact) mass is 420 g/mol. The van der Waals surface area contributed by atoms with Crippen molar-refractivity contribution < 1.29 is 9.53 Å². The number of likely N-dealkylation sites (tertiary alicyclic amines) is 1. The third-order valence-corrected chi connectivity index (χ3v) is 7.13. The first-order valence-corrected chi connectivity index (χ1v) is 11.0. The van der Waals surface area contributed by atoms with Crippen molar-refractivity contribution in [3.8, 4) is 5.69 Å². The second kappa shape index (κ2) is 7.92. The summed E-state index contributed by atoms with van der Waals surface area (Å²) in [5.41, 5.74) is 3.95. The summed E-state index contributed by atoms with van der Waals surface area (Å²) in [4.78, 5) is 16.8. The Morgan fingerprint density at radius 2 is 2.00 bits per heavy atom. The molecule has 8 nitrogen and oxygen atoms in total. The van der Waals surface area contributed by atoms with Crippen molar-refractivity contribution in [3.05, 3.63) is 59.8 Å². The summed E-state index contributed by atoms with van der Waals surface area (Å²) in [7, 11) is 0. The fourth-order valence-corrected chi connectivity index (χ4v) is 5.02. The number of tetrazole rings is 1. The van der Waals surface area contributed by atoms with E-state index < -0.39 is 0 Å². The van der Waals surface area contributed by atoms with Gasteiger partial charge in [0.1, 0.15) is 12.4 Å². The highest BCUT2D eigenvalue weighted by molar-refractivity contribution is 5.87. The number of nitrogens with zero attached hydrogens (tertiary/aromatic N) is 5. The lowest BCUT2D eigenvalue weighted by atomic mass is 9.71. The Labute approximate surface area is 181 Å². The smallest absolute Gasteiger partial charge is 0.233 e. The van der Waals surface area contributed by atoms with Gasteiger partial charge in [0.15, 0.2) is 6.33 Å². The Kier molecular flexibility index (Phi) is 5.09. The minimum atomic E-state index is -0.193. The molecule has 0 radical (unpaired) electrons. The van der Waals surface area contributed by atoms with E-state index in [9.17, 15) is 4.79 Å². The molecule has 2 fully saturated rings. The Bertz CT molecular complexity index is 1000. The van der Waals surface area contributed by atoms with Gasteiger partial charge in [0.2, 0.25) is 5.91 Å². The molecule has 3 aliphatic rings. The van der Waals surface area contributed by atoms with Crippen LogP contribution in [0.4, 0.5) is 0 Å². The molecule has 0 bridgehead atoms. The topological polar surface area (TPSA) is 85.2 Å². The number of carbonyl (C=O) groups excluding carboxylic acids is 1. The molecule has 1 aliphatic carbocycles. The van der Waals surface area contributed by atoms with Crippen LogP contribution in [0, 0.1) is 5.41 Å². The summed E-state index contributed by atoms with van der Waals surface area (Å²) >= 11 is 0. The molecule has 2 aromatic rings. The Morgan fingerprint density at radius 1 is 1.23 bits per heavy atom. The van der Waals surface area contributed by atoms with Crippen LogP contribution < -0.4 is 5.32 Å². The van der Waals surface area contributed by atoms with Gasteiger partial charge in [-0.05, 0) is 61.9 Å². The van der Waals surface area contributed by atoms with Gasteiger partial charge in [0.25, 0.3) is 0 Å². The molecule has 0 unspecified atom stereocenters. The molecule has 1 aromatic heterocycles. The second-order valence-corrected chi connectivity index (χ2v) is 8.82. The lowest BCUT2D eigenvalue weighted by molar-refractivity contribution is -0.136. The van der Waals surface area contributed by atoms with E-state index >= 15 is 0 Å². The number of hydrogen-bond donors (Lipinski definition) is 1. The average molecular weight is 421 g/mol. The molecule has 0 atom stereocenters. The van der Waals surface area contributed by atoms with Gasteiger partial charge in [0.05, 0.1) is 16.8 Å². The average Bonchev–Trinajstić information content (AvgIpc) is 3.51. The van der Waals surface area contributed by atoms with Crippen LogP contribution in [-0.2, 0) is 16.1 Å². The van der Waals surface area contributed by atoms with Crippen molar-refractivity contribution in [2.75, 3.05) is 13.2 Å². The maximum Gasteiger partial charge on any atom is 0.233 e. The predicted molar refractivity (Wildman–Crippen MR) is 115 cm³/mol. The highest BCUT2D eigenvalue weighted by Crippen LogP contribution is 2.46. The number of amides is 1. The molecule has 5 rings (SSSR count). The minimum Gasteiger partial charge on any atom is -0.488 e. The summed E-state index contributed by atoms with van der Waals surface area (Å²) in [6.45, 7) is 8.01. The lowest BCUT2D eigenvalue weighted by Gasteiger charge is -2.36. The van der Waals surface area contributed by atoms with E-state index in [1.54, 1.807) is 0 Å². The quantitative estimate of drug-likeness (QED) is 0.801. The van der Waals surface area contributed by atoms with Crippen molar-refractivity contribution in [2.24, 2.45) is 5.41 Å². The first kappa shape index (κ1) is 19.9. The molecule has 31 heavy (non-hydrogen) atoms. The van der Waals surface area contributed by atoms with Crippen molar-refractivity contribution in [3.63, 3.8) is 0 Å². The van der Waals surface area contributed by atoms with E-state index in [0.29, 0.717) is 18.4 Å². The van der Waals surface area contributed by atoms with E-state index in [-0.39, 0.29) is 11.3 Å². The van der Waals surface area contributed by atoms with Crippen LogP contribution >= 0.6 is 0 Å². The van der Waals surface area contributed by atoms with E-state index in [1.165, 1.54) is 16.7 Å². The molecule has 162 valence electrons. The molecule has 1 saturated carbocycles. The van der Waals surface area contributed by atoms with E-state index in [4.69, 9.17) is 4.74 Å². The number of aromatic nitrogens is 4. The molecule has 2 aliphatic heterocycles. The number of hydrogen-bond acceptors (Lipinski definition) is 6. The summed E-state index contributed by atoms with van der Waals surface area (Å²) in [6, 6.07) is 8.61. The molecule has 1 aromatic carbocycles. The normalized spacial score (nSPS) is 26.2. The summed E-state index contributed by atoms with van der Waals surface area (Å²) in [6.07, 6.45) is 6.33. The van der Waals surface area contributed by atoms with Gasteiger partial charge in [-0.15, -0.1) is 15.0 Å². The molecule has 3 heterocycles. The van der Waals surface area contributed by atoms with Crippen LogP contribution in [0.2, 0.25) is 0 Å². The predicted octanol–water partition coefficient (Wildman–Crippen LogP) is 2.73. The molecule has 8 heteroatoms. The fourth-order valence-electron chi connectivity index (χ4n) is 5.02. The van der Waals surface area contributed by atoms with Gasteiger partial charge in [-0.25, -0.2) is 0 Å². The summed E-state index contributed by atoms with van der Waals surface area (Å²) < 4.78 is 5.55. The van der Waals surface area contributed by atoms with Crippen LogP contribution in [0.3, 0.4) is 0 Å². The van der Waals surface area contributed by atoms with Crippen molar-refractivity contribution in [1.29, 1.82) is 0 Å². The minimum absolute atomic E-state index is 0.193. The van der Waals surface area contributed by atoms with E-state index in [2.05, 4.69) is 39.4 Å². The second-order valence-electron chi connectivity index (χ2n) is 8.82. The zero-order valence-electron chi connectivity index (χ0n) is 17.9. The van der Waals surface area contributed by atoms with Gasteiger partial charge in [-0.3, -0.25) is 4.79 Å². The number of benzene rings is 1. The number of rotatable bonds is 5. The van der Waals surface area contributed by atoms with E-state index in [1.807, 2.05) is 24.0 Å². The van der Waals surface area contributed by atoms with Gasteiger partial charge in [-0.1, -0.05) is 18.7 Å². The Morgan fingerprint density at radius 3 is 2.65 bits per heavy atom. The Balaban J connectivity index is 1.15. The third kappa shape index (κ3) is 3.65. The van der Waals surface area contributed by atoms with Crippen molar-refractivity contribution in [1.82, 2.24) is 30.4 Å². The lowest BCUT2D eigenvalue weighted by Crippen LogP contribution is -2.42.